The van der Waals surface area contributed by atoms with Crippen molar-refractivity contribution in [3.8, 4) is 11.5 Å². The third-order valence-corrected chi connectivity index (χ3v) is 2.88. The minimum Gasteiger partial charge on any atom is -0.456 e. The number of nitrogens with zero attached hydrogens (tertiary/aromatic N) is 1. The summed E-state index contributed by atoms with van der Waals surface area (Å²) in [6.45, 7) is 0. The summed E-state index contributed by atoms with van der Waals surface area (Å²) in [4.78, 5) is 0. The molecule has 7 heteroatoms. The smallest absolute Gasteiger partial charge is 0.173 e. The maximum atomic E-state index is 13.1. The summed E-state index contributed by atoms with van der Waals surface area (Å²) >= 11 is 3.24. The monoisotopic (exact) mass is 342 g/mol. The van der Waals surface area contributed by atoms with Crippen LogP contribution in [0.5, 0.6) is 11.5 Å². The van der Waals surface area contributed by atoms with E-state index >= 15 is 0 Å². The Morgan fingerprint density at radius 3 is 2.40 bits per heavy atom. The van der Waals surface area contributed by atoms with Crippen molar-refractivity contribution in [2.75, 3.05) is 0 Å². The zero-order valence-corrected chi connectivity index (χ0v) is 11.6. The summed E-state index contributed by atoms with van der Waals surface area (Å²) in [5.74, 6) is -1.54. The predicted molar refractivity (Wildman–Crippen MR) is 73.1 cm³/mol. The van der Waals surface area contributed by atoms with Gasteiger partial charge in [-0.2, -0.15) is 0 Å². The zero-order valence-electron chi connectivity index (χ0n) is 9.98. The summed E-state index contributed by atoms with van der Waals surface area (Å²) in [5.41, 5.74) is 5.81. The highest BCUT2D eigenvalue weighted by Crippen LogP contribution is 2.29. The minimum atomic E-state index is -0.764. The Morgan fingerprint density at radius 2 is 1.80 bits per heavy atom. The Labute approximate surface area is 121 Å². The topological polar surface area (TPSA) is 67.8 Å². The summed E-state index contributed by atoms with van der Waals surface area (Å²) in [7, 11) is 0. The average molecular weight is 343 g/mol. The van der Waals surface area contributed by atoms with E-state index in [1.165, 1.54) is 6.07 Å². The molecule has 0 bridgehead atoms. The molecule has 0 radical (unpaired) electrons. The van der Waals surface area contributed by atoms with Gasteiger partial charge in [0.1, 0.15) is 23.1 Å². The fourth-order valence-corrected chi connectivity index (χ4v) is 1.90. The highest BCUT2D eigenvalue weighted by Gasteiger charge is 2.11. The molecule has 4 nitrogen and oxygen atoms in total. The molecule has 0 heterocycles. The summed E-state index contributed by atoms with van der Waals surface area (Å²) in [5, 5.41) is 11.6. The van der Waals surface area contributed by atoms with Crippen LogP contribution in [0.2, 0.25) is 0 Å². The van der Waals surface area contributed by atoms with Crippen molar-refractivity contribution in [3.63, 3.8) is 0 Å². The van der Waals surface area contributed by atoms with Gasteiger partial charge in [-0.3, -0.25) is 0 Å². The van der Waals surface area contributed by atoms with Crippen molar-refractivity contribution in [2.45, 2.75) is 0 Å². The van der Waals surface area contributed by atoms with E-state index in [4.69, 9.17) is 15.7 Å². The lowest BCUT2D eigenvalue weighted by Crippen LogP contribution is -2.14. The van der Waals surface area contributed by atoms with E-state index in [1.54, 1.807) is 12.1 Å². The number of hydrogen-bond acceptors (Lipinski definition) is 3. The summed E-state index contributed by atoms with van der Waals surface area (Å²) < 4.78 is 32.3. The quantitative estimate of drug-likeness (QED) is 0.387. The molecule has 0 aliphatic carbocycles. The van der Waals surface area contributed by atoms with Gasteiger partial charge in [0.25, 0.3) is 0 Å². The molecule has 2 aromatic carbocycles. The molecular formula is C13H9BrF2N2O2. The van der Waals surface area contributed by atoms with Crippen LogP contribution in [0.25, 0.3) is 0 Å². The molecular weight excluding hydrogens is 334 g/mol. The first-order valence-corrected chi connectivity index (χ1v) is 6.20. The van der Waals surface area contributed by atoms with E-state index in [0.29, 0.717) is 10.0 Å². The number of oxime groups is 1. The lowest BCUT2D eigenvalue weighted by molar-refractivity contribution is 0.318. The average Bonchev–Trinajstić information content (AvgIpc) is 2.37. The second-order valence-corrected chi connectivity index (χ2v) is 4.75. The van der Waals surface area contributed by atoms with Crippen LogP contribution < -0.4 is 10.5 Å². The number of hydrogen-bond donors (Lipinski definition) is 2. The number of halogens is 3. The van der Waals surface area contributed by atoms with Gasteiger partial charge in [0.2, 0.25) is 0 Å². The Bertz CT molecular complexity index is 657. The number of benzene rings is 2. The number of ether oxygens (including phenoxy) is 1. The SMILES string of the molecule is N/C(=N/O)c1ccc(Br)cc1Oc1cc(F)cc(F)c1. The second kappa shape index (κ2) is 5.87. The van der Waals surface area contributed by atoms with Gasteiger partial charge in [-0.15, -0.1) is 0 Å². The van der Waals surface area contributed by atoms with E-state index in [2.05, 4.69) is 21.1 Å². The van der Waals surface area contributed by atoms with Crippen molar-refractivity contribution in [1.29, 1.82) is 0 Å². The van der Waals surface area contributed by atoms with Crippen molar-refractivity contribution in [2.24, 2.45) is 10.9 Å². The van der Waals surface area contributed by atoms with Gasteiger partial charge in [-0.1, -0.05) is 21.1 Å². The maximum Gasteiger partial charge on any atom is 0.173 e. The third kappa shape index (κ3) is 3.24. The highest BCUT2D eigenvalue weighted by atomic mass is 79.9. The minimum absolute atomic E-state index is 0.0346. The Kier molecular flexibility index (Phi) is 4.19. The molecule has 2 aromatic rings. The summed E-state index contributed by atoms with van der Waals surface area (Å²) in [6.07, 6.45) is 0. The molecule has 0 aromatic heterocycles. The van der Waals surface area contributed by atoms with E-state index in [9.17, 15) is 8.78 Å². The van der Waals surface area contributed by atoms with E-state index in [0.717, 1.165) is 18.2 Å². The van der Waals surface area contributed by atoms with Gasteiger partial charge >= 0.3 is 0 Å². The standard InChI is InChI=1S/C13H9BrF2N2O2/c14-7-1-2-11(13(17)18-19)12(3-7)20-10-5-8(15)4-9(16)6-10/h1-6,19H,(H2,17,18). The Balaban J connectivity index is 2.44. The lowest BCUT2D eigenvalue weighted by Gasteiger charge is -2.11. The van der Waals surface area contributed by atoms with E-state index in [1.807, 2.05) is 0 Å². The number of rotatable bonds is 3. The molecule has 0 atom stereocenters. The first-order valence-electron chi connectivity index (χ1n) is 5.41. The van der Waals surface area contributed by atoms with Gasteiger partial charge in [0.15, 0.2) is 5.84 Å². The van der Waals surface area contributed by atoms with Crippen LogP contribution in [-0.2, 0) is 0 Å². The molecule has 0 unspecified atom stereocenters. The fourth-order valence-electron chi connectivity index (χ4n) is 1.56. The second-order valence-electron chi connectivity index (χ2n) is 3.83. The van der Waals surface area contributed by atoms with Crippen LogP contribution >= 0.6 is 15.9 Å². The molecule has 0 aliphatic rings. The van der Waals surface area contributed by atoms with Crippen LogP contribution in [0, 0.1) is 11.6 Å². The summed E-state index contributed by atoms with van der Waals surface area (Å²) in [6, 6.07) is 7.53. The zero-order chi connectivity index (χ0) is 14.7. The van der Waals surface area contributed by atoms with Crippen molar-refractivity contribution >= 4 is 21.8 Å². The molecule has 2 rings (SSSR count). The number of nitrogens with two attached hydrogens (primary N) is 1. The number of amidine groups is 1. The van der Waals surface area contributed by atoms with Gasteiger partial charge in [0.05, 0.1) is 5.56 Å². The maximum absolute atomic E-state index is 13.1. The molecule has 3 N–H and O–H groups in total. The van der Waals surface area contributed by atoms with Crippen molar-refractivity contribution < 1.29 is 18.7 Å². The van der Waals surface area contributed by atoms with Gasteiger partial charge in [0, 0.05) is 22.7 Å². The molecule has 0 amide bonds. The predicted octanol–water partition coefficient (Wildman–Crippen LogP) is 3.61. The van der Waals surface area contributed by atoms with Crippen LogP contribution in [0.3, 0.4) is 0 Å². The largest absolute Gasteiger partial charge is 0.456 e. The van der Waals surface area contributed by atoms with E-state index in [-0.39, 0.29) is 17.3 Å². The molecule has 0 fully saturated rings. The molecule has 0 saturated carbocycles. The van der Waals surface area contributed by atoms with Gasteiger partial charge in [-0.25, -0.2) is 8.78 Å². The molecule has 20 heavy (non-hydrogen) atoms. The molecule has 0 spiro atoms. The molecule has 104 valence electrons. The third-order valence-electron chi connectivity index (χ3n) is 2.39. The first kappa shape index (κ1) is 14.3. The van der Waals surface area contributed by atoms with Crippen molar-refractivity contribution in [3.05, 3.63) is 58.1 Å². The first-order chi connectivity index (χ1) is 9.49. The van der Waals surface area contributed by atoms with Crippen LogP contribution in [0.1, 0.15) is 5.56 Å². The molecule has 0 aliphatic heterocycles. The Morgan fingerprint density at radius 1 is 1.15 bits per heavy atom. The van der Waals surface area contributed by atoms with E-state index < -0.39 is 11.6 Å². The van der Waals surface area contributed by atoms with Gasteiger partial charge < -0.3 is 15.7 Å². The lowest BCUT2D eigenvalue weighted by atomic mass is 10.2. The Hall–Kier alpha value is -2.15. The van der Waals surface area contributed by atoms with Gasteiger partial charge in [-0.05, 0) is 18.2 Å². The molecule has 0 saturated heterocycles. The van der Waals surface area contributed by atoms with Crippen LogP contribution in [-0.4, -0.2) is 11.0 Å². The van der Waals surface area contributed by atoms with Crippen LogP contribution in [0.15, 0.2) is 46.0 Å². The highest BCUT2D eigenvalue weighted by molar-refractivity contribution is 9.10. The van der Waals surface area contributed by atoms with Crippen molar-refractivity contribution in [1.82, 2.24) is 0 Å². The van der Waals surface area contributed by atoms with Crippen LogP contribution in [0.4, 0.5) is 8.78 Å². The normalized spacial score (nSPS) is 11.4. The fraction of sp³-hybridized carbons (Fsp3) is 0.